The highest BCUT2D eigenvalue weighted by Gasteiger charge is 2.43. The van der Waals surface area contributed by atoms with Crippen molar-refractivity contribution in [3.05, 3.63) is 65.0 Å². The highest BCUT2D eigenvalue weighted by atomic mass is 16.2. The van der Waals surface area contributed by atoms with Gasteiger partial charge in [-0.15, -0.1) is 0 Å². The van der Waals surface area contributed by atoms with Gasteiger partial charge in [0.2, 0.25) is 17.2 Å². The molecule has 0 bridgehead atoms. The fourth-order valence-electron chi connectivity index (χ4n) is 3.38. The first-order valence-electron chi connectivity index (χ1n) is 8.58. The molecule has 2 aromatic carbocycles. The molecule has 0 radical (unpaired) electrons. The number of fused-ring (bicyclic) bond motifs is 2. The van der Waals surface area contributed by atoms with Crippen LogP contribution in [0.15, 0.2) is 59.5 Å². The summed E-state index contributed by atoms with van der Waals surface area (Å²) in [4.78, 5) is 39.3. The molecule has 0 saturated heterocycles. The van der Waals surface area contributed by atoms with Crippen LogP contribution in [-0.2, 0) is 16.1 Å². The number of benzene rings is 2. The number of hydrogen-bond donors (Lipinski definition) is 1. The van der Waals surface area contributed by atoms with Crippen molar-refractivity contribution in [3.8, 4) is 0 Å². The van der Waals surface area contributed by atoms with E-state index in [0.29, 0.717) is 22.3 Å². The second-order valence-corrected chi connectivity index (χ2v) is 6.94. The van der Waals surface area contributed by atoms with E-state index in [1.807, 2.05) is 6.07 Å². The van der Waals surface area contributed by atoms with Crippen LogP contribution in [-0.4, -0.2) is 27.1 Å². The molecule has 3 aromatic rings. The Hall–Kier alpha value is -3.48. The molecule has 0 fully saturated rings. The molecule has 7 nitrogen and oxygen atoms in total. The maximum Gasteiger partial charge on any atom is 0.250 e. The zero-order valence-electron chi connectivity index (χ0n) is 15.0. The van der Waals surface area contributed by atoms with Crippen molar-refractivity contribution < 1.29 is 9.59 Å². The van der Waals surface area contributed by atoms with Crippen LogP contribution in [0, 0.1) is 0 Å². The Labute approximate surface area is 155 Å². The number of rotatable bonds is 2. The minimum atomic E-state index is -1.06. The molecule has 4 rings (SSSR count). The molecule has 1 aliphatic rings. The minimum Gasteiger partial charge on any atom is -0.322 e. The molecule has 0 unspecified atom stereocenters. The molecule has 1 aliphatic heterocycles. The van der Waals surface area contributed by atoms with Crippen LogP contribution in [0.1, 0.15) is 13.8 Å². The van der Waals surface area contributed by atoms with Crippen LogP contribution in [0.25, 0.3) is 10.9 Å². The van der Waals surface area contributed by atoms with Crippen molar-refractivity contribution in [2.75, 3.05) is 10.2 Å². The normalized spacial score (nSPS) is 15.3. The number of amides is 2. The maximum atomic E-state index is 13.2. The van der Waals surface area contributed by atoms with Gasteiger partial charge in [-0.3, -0.25) is 24.0 Å². The zero-order chi connectivity index (χ0) is 19.2. The Kier molecular flexibility index (Phi) is 3.80. The molecule has 0 atom stereocenters. The van der Waals surface area contributed by atoms with Gasteiger partial charge in [-0.1, -0.05) is 24.3 Å². The Bertz CT molecular complexity index is 1130. The number of carbonyl (C=O) groups is 2. The molecule has 0 aliphatic carbocycles. The minimum absolute atomic E-state index is 0.0914. The third-order valence-electron chi connectivity index (χ3n) is 4.80. The Balaban J connectivity index is 1.78. The molecule has 1 N–H and O–H groups in total. The van der Waals surface area contributed by atoms with E-state index in [2.05, 4.69) is 10.4 Å². The van der Waals surface area contributed by atoms with Gasteiger partial charge in [0.15, 0.2) is 0 Å². The molecular weight excluding hydrogens is 344 g/mol. The van der Waals surface area contributed by atoms with Crippen LogP contribution >= 0.6 is 0 Å². The first-order valence-corrected chi connectivity index (χ1v) is 8.58. The Morgan fingerprint density at radius 2 is 1.78 bits per heavy atom. The van der Waals surface area contributed by atoms with Gasteiger partial charge in [-0.25, -0.2) is 0 Å². The quantitative estimate of drug-likeness (QED) is 0.757. The van der Waals surface area contributed by atoms with Crippen molar-refractivity contribution in [2.24, 2.45) is 0 Å². The number of aromatic nitrogens is 2. The van der Waals surface area contributed by atoms with E-state index in [4.69, 9.17) is 0 Å². The van der Waals surface area contributed by atoms with E-state index in [9.17, 15) is 14.4 Å². The van der Waals surface area contributed by atoms with Crippen LogP contribution < -0.4 is 15.6 Å². The number of hydrogen-bond acceptors (Lipinski definition) is 4. The molecule has 27 heavy (non-hydrogen) atoms. The highest BCUT2D eigenvalue weighted by molar-refractivity contribution is 6.14. The summed E-state index contributed by atoms with van der Waals surface area (Å²) >= 11 is 0. The lowest BCUT2D eigenvalue weighted by molar-refractivity contribution is -0.126. The molecule has 136 valence electrons. The van der Waals surface area contributed by atoms with Crippen LogP contribution in [0.2, 0.25) is 0 Å². The van der Waals surface area contributed by atoms with E-state index in [1.165, 1.54) is 15.8 Å². The van der Waals surface area contributed by atoms with E-state index < -0.39 is 5.54 Å². The smallest absolute Gasteiger partial charge is 0.250 e. The van der Waals surface area contributed by atoms with Gasteiger partial charge in [0.05, 0.1) is 23.1 Å². The number of anilines is 2. The first-order chi connectivity index (χ1) is 12.9. The van der Waals surface area contributed by atoms with Gasteiger partial charge in [0, 0.05) is 5.39 Å². The molecular formula is C20H18N4O3. The van der Waals surface area contributed by atoms with E-state index in [-0.39, 0.29) is 23.8 Å². The van der Waals surface area contributed by atoms with Crippen LogP contribution in [0.3, 0.4) is 0 Å². The zero-order valence-corrected chi connectivity index (χ0v) is 15.0. The third-order valence-corrected chi connectivity index (χ3v) is 4.80. The first kappa shape index (κ1) is 17.0. The second kappa shape index (κ2) is 6.05. The van der Waals surface area contributed by atoms with Gasteiger partial charge in [-0.2, -0.15) is 5.10 Å². The van der Waals surface area contributed by atoms with Crippen molar-refractivity contribution in [1.29, 1.82) is 0 Å². The lowest BCUT2D eigenvalue weighted by atomic mass is 9.96. The van der Waals surface area contributed by atoms with Gasteiger partial charge >= 0.3 is 0 Å². The summed E-state index contributed by atoms with van der Waals surface area (Å²) in [5, 5.41) is 7.46. The predicted molar refractivity (Wildman–Crippen MR) is 103 cm³/mol. The molecule has 2 amide bonds. The number of carbonyl (C=O) groups excluding carboxylic acids is 2. The summed E-state index contributed by atoms with van der Waals surface area (Å²) in [6, 6.07) is 14.2. The molecule has 0 spiro atoms. The SMILES string of the molecule is CC1(C)C(=O)Nc2ccccc2N1C(=O)Cn1ncc(=O)c2ccccc21. The van der Waals surface area contributed by atoms with Gasteiger partial charge in [0.25, 0.3) is 0 Å². The van der Waals surface area contributed by atoms with Crippen molar-refractivity contribution in [3.63, 3.8) is 0 Å². The lowest BCUT2D eigenvalue weighted by Crippen LogP contribution is -2.59. The summed E-state index contributed by atoms with van der Waals surface area (Å²) in [6.45, 7) is 3.31. The number of nitrogens with one attached hydrogen (secondary N) is 1. The molecule has 1 aromatic heterocycles. The summed E-state index contributed by atoms with van der Waals surface area (Å²) in [6.07, 6.45) is 1.21. The lowest BCUT2D eigenvalue weighted by Gasteiger charge is -2.42. The van der Waals surface area contributed by atoms with Crippen LogP contribution in [0.4, 0.5) is 11.4 Å². The highest BCUT2D eigenvalue weighted by Crippen LogP contribution is 2.36. The van der Waals surface area contributed by atoms with Gasteiger partial charge < -0.3 is 5.32 Å². The summed E-state index contributed by atoms with van der Waals surface area (Å²) in [5.41, 5.74) is 0.550. The second-order valence-electron chi connectivity index (χ2n) is 6.94. The van der Waals surface area contributed by atoms with Gasteiger partial charge in [-0.05, 0) is 38.1 Å². The monoisotopic (exact) mass is 362 g/mol. The van der Waals surface area contributed by atoms with E-state index in [1.54, 1.807) is 56.3 Å². The fraction of sp³-hybridized carbons (Fsp3) is 0.200. The standard InChI is InChI=1S/C20H18N4O3/c1-20(2)19(27)22-14-8-4-6-10-16(14)24(20)18(26)12-23-15-9-5-3-7-13(15)17(25)11-21-23/h3-11H,12H2,1-2H3,(H,22,27). The molecule has 2 heterocycles. The van der Waals surface area contributed by atoms with E-state index >= 15 is 0 Å². The average molecular weight is 362 g/mol. The number of para-hydroxylation sites is 3. The summed E-state index contributed by atoms with van der Waals surface area (Å²) in [5.74, 6) is -0.545. The van der Waals surface area contributed by atoms with Gasteiger partial charge in [0.1, 0.15) is 12.1 Å². The third kappa shape index (κ3) is 2.68. The average Bonchev–Trinajstić information content (AvgIpc) is 2.65. The summed E-state index contributed by atoms with van der Waals surface area (Å²) in [7, 11) is 0. The largest absolute Gasteiger partial charge is 0.322 e. The Morgan fingerprint density at radius 3 is 2.59 bits per heavy atom. The molecule has 0 saturated carbocycles. The van der Waals surface area contributed by atoms with Crippen LogP contribution in [0.5, 0.6) is 0 Å². The Morgan fingerprint density at radius 1 is 1.07 bits per heavy atom. The maximum absolute atomic E-state index is 13.2. The van der Waals surface area contributed by atoms with Crippen molar-refractivity contribution in [2.45, 2.75) is 25.9 Å². The topological polar surface area (TPSA) is 84.3 Å². The number of nitrogens with zero attached hydrogens (tertiary/aromatic N) is 3. The predicted octanol–water partition coefficient (Wildman–Crippen LogP) is 2.16. The van der Waals surface area contributed by atoms with Crippen molar-refractivity contribution in [1.82, 2.24) is 9.78 Å². The summed E-state index contributed by atoms with van der Waals surface area (Å²) < 4.78 is 1.49. The van der Waals surface area contributed by atoms with Crippen molar-refractivity contribution >= 4 is 34.1 Å². The fourth-order valence-corrected chi connectivity index (χ4v) is 3.38. The van der Waals surface area contributed by atoms with E-state index in [0.717, 1.165) is 0 Å². The molecule has 7 heteroatoms.